The highest BCUT2D eigenvalue weighted by Crippen LogP contribution is 2.36. The number of aliphatic hydroxyl groups is 1. The number of nitrogens with one attached hydrogen (secondary N) is 1. The molecule has 9 nitrogen and oxygen atoms in total. The van der Waals surface area contributed by atoms with Gasteiger partial charge < -0.3 is 10.5 Å². The van der Waals surface area contributed by atoms with E-state index in [2.05, 4.69) is 5.43 Å². The molecule has 0 radical (unpaired) electrons. The van der Waals surface area contributed by atoms with Crippen molar-refractivity contribution in [2.45, 2.75) is 31.5 Å². The van der Waals surface area contributed by atoms with Crippen LogP contribution < -0.4 is 10.3 Å². The van der Waals surface area contributed by atoms with E-state index in [0.29, 0.717) is 17.8 Å². The van der Waals surface area contributed by atoms with Crippen molar-refractivity contribution in [1.29, 1.82) is 0 Å². The molecule has 4 rings (SSSR count). The van der Waals surface area contributed by atoms with Crippen LogP contribution in [0.5, 0.6) is 0 Å². The first-order chi connectivity index (χ1) is 14.9. The zero-order valence-electron chi connectivity index (χ0n) is 16.8. The molecule has 0 saturated carbocycles. The Kier molecular flexibility index (Phi) is 5.53. The van der Waals surface area contributed by atoms with Crippen LogP contribution in [0.4, 0.5) is 17.1 Å². The van der Waals surface area contributed by atoms with Crippen molar-refractivity contribution in [1.82, 2.24) is 5.01 Å². The summed E-state index contributed by atoms with van der Waals surface area (Å²) in [6.07, 6.45) is 3.07. The number of nitro benzene ring substituents is 1. The molecule has 2 aromatic carbocycles. The van der Waals surface area contributed by atoms with Crippen LogP contribution in [0.2, 0.25) is 0 Å². The van der Waals surface area contributed by atoms with E-state index < -0.39 is 34.9 Å². The number of fused-ring (bicyclic) bond motifs is 1. The number of rotatable bonds is 6. The summed E-state index contributed by atoms with van der Waals surface area (Å²) < 4.78 is 0. The van der Waals surface area contributed by atoms with Gasteiger partial charge in [0.05, 0.1) is 28.7 Å². The Morgan fingerprint density at radius 3 is 2.35 bits per heavy atom. The van der Waals surface area contributed by atoms with Gasteiger partial charge in [0.1, 0.15) is 6.04 Å². The average Bonchev–Trinajstić information content (AvgIpc) is 3.04. The van der Waals surface area contributed by atoms with E-state index in [1.165, 1.54) is 29.2 Å². The van der Waals surface area contributed by atoms with Crippen LogP contribution in [-0.2, 0) is 9.59 Å². The molecule has 2 aromatic rings. The number of para-hydroxylation sites is 1. The zero-order valence-corrected chi connectivity index (χ0v) is 16.8. The summed E-state index contributed by atoms with van der Waals surface area (Å²) >= 11 is 0. The topological polar surface area (TPSA) is 116 Å². The third-order valence-corrected chi connectivity index (χ3v) is 5.62. The third-order valence-electron chi connectivity index (χ3n) is 5.62. The SMILES string of the molecule is CCC(O)[C@H]1C=C[C@H]2C(=O)N(c3ccccc3)C(=O)[C@H]2N1Nc1ccc([N+](=O)[O-])cc1. The number of hydrogen-bond acceptors (Lipinski definition) is 7. The summed E-state index contributed by atoms with van der Waals surface area (Å²) in [6.45, 7) is 1.83. The van der Waals surface area contributed by atoms with Crippen LogP contribution in [-0.4, -0.2) is 45.0 Å². The Balaban J connectivity index is 1.69. The molecule has 2 amide bonds. The molecule has 2 aliphatic rings. The van der Waals surface area contributed by atoms with Gasteiger partial charge in [0.15, 0.2) is 0 Å². The minimum atomic E-state index is -0.862. The Bertz CT molecular complexity index is 1020. The third kappa shape index (κ3) is 3.69. The van der Waals surface area contributed by atoms with E-state index in [9.17, 15) is 24.8 Å². The molecule has 0 spiro atoms. The summed E-state index contributed by atoms with van der Waals surface area (Å²) in [4.78, 5) is 38.0. The van der Waals surface area contributed by atoms with Crippen molar-refractivity contribution in [3.63, 3.8) is 0 Å². The number of amides is 2. The van der Waals surface area contributed by atoms with Crippen molar-refractivity contribution < 1.29 is 19.6 Å². The molecule has 9 heteroatoms. The number of nitrogens with zero attached hydrogens (tertiary/aromatic N) is 3. The molecule has 1 fully saturated rings. The van der Waals surface area contributed by atoms with Crippen molar-refractivity contribution in [3.05, 3.63) is 76.9 Å². The monoisotopic (exact) mass is 422 g/mol. The van der Waals surface area contributed by atoms with Gasteiger partial charge in [-0.25, -0.2) is 9.91 Å². The van der Waals surface area contributed by atoms with E-state index in [-0.39, 0.29) is 11.6 Å². The number of carbonyl (C=O) groups excluding carboxylic acids is 2. The molecule has 160 valence electrons. The number of imide groups is 1. The second-order valence-corrected chi connectivity index (χ2v) is 7.49. The minimum Gasteiger partial charge on any atom is -0.391 e. The van der Waals surface area contributed by atoms with Gasteiger partial charge in [0, 0.05) is 17.8 Å². The van der Waals surface area contributed by atoms with Gasteiger partial charge in [0.25, 0.3) is 11.6 Å². The first-order valence-corrected chi connectivity index (χ1v) is 10.0. The standard InChI is InChI=1S/C22H22N4O5/c1-2-19(27)18-13-12-17-20(22(29)24(21(17)28)15-6-4-3-5-7-15)25(18)23-14-8-10-16(11-9-14)26(30)31/h3-13,17-20,23,27H,2H2,1H3/t17-,18-,19?,20+/m1/s1. The lowest BCUT2D eigenvalue weighted by molar-refractivity contribution is -0.384. The Labute approximate surface area is 178 Å². The van der Waals surface area contributed by atoms with E-state index >= 15 is 0 Å². The molecule has 0 bridgehead atoms. The quantitative estimate of drug-likeness (QED) is 0.318. The van der Waals surface area contributed by atoms with Gasteiger partial charge in [-0.1, -0.05) is 37.3 Å². The largest absolute Gasteiger partial charge is 0.391 e. The van der Waals surface area contributed by atoms with Crippen molar-refractivity contribution in [3.8, 4) is 0 Å². The fourth-order valence-corrected chi connectivity index (χ4v) is 4.01. The van der Waals surface area contributed by atoms with Crippen LogP contribution in [0.1, 0.15) is 13.3 Å². The molecular formula is C22H22N4O5. The van der Waals surface area contributed by atoms with Gasteiger partial charge in [-0.2, -0.15) is 0 Å². The highest BCUT2D eigenvalue weighted by Gasteiger charge is 2.53. The van der Waals surface area contributed by atoms with Crippen molar-refractivity contribution >= 4 is 28.9 Å². The molecular weight excluding hydrogens is 400 g/mol. The molecule has 4 atom stereocenters. The molecule has 1 unspecified atom stereocenters. The van der Waals surface area contributed by atoms with Crippen molar-refractivity contribution in [2.75, 3.05) is 10.3 Å². The predicted molar refractivity (Wildman–Crippen MR) is 114 cm³/mol. The average molecular weight is 422 g/mol. The summed E-state index contributed by atoms with van der Waals surface area (Å²) in [5, 5.41) is 23.1. The second-order valence-electron chi connectivity index (χ2n) is 7.49. The molecule has 0 aliphatic carbocycles. The fourth-order valence-electron chi connectivity index (χ4n) is 4.01. The summed E-state index contributed by atoms with van der Waals surface area (Å²) in [5.41, 5.74) is 4.04. The number of hydrazine groups is 1. The van der Waals surface area contributed by atoms with Crippen LogP contribution >= 0.6 is 0 Å². The Morgan fingerprint density at radius 1 is 1.06 bits per heavy atom. The van der Waals surface area contributed by atoms with Gasteiger partial charge in [0.2, 0.25) is 5.91 Å². The van der Waals surface area contributed by atoms with Crippen molar-refractivity contribution in [2.24, 2.45) is 5.92 Å². The first-order valence-electron chi connectivity index (χ1n) is 10.0. The predicted octanol–water partition coefficient (Wildman–Crippen LogP) is 2.49. The normalized spacial score (nSPS) is 24.2. The van der Waals surface area contributed by atoms with Crippen LogP contribution in [0.25, 0.3) is 0 Å². The highest BCUT2D eigenvalue weighted by atomic mass is 16.6. The molecule has 0 aromatic heterocycles. The second kappa shape index (κ2) is 8.29. The maximum atomic E-state index is 13.4. The van der Waals surface area contributed by atoms with Crippen LogP contribution in [0.3, 0.4) is 0 Å². The van der Waals surface area contributed by atoms with Crippen LogP contribution in [0, 0.1) is 16.0 Å². The zero-order chi connectivity index (χ0) is 22.1. The van der Waals surface area contributed by atoms with E-state index in [1.54, 1.807) is 47.5 Å². The number of anilines is 2. The number of aliphatic hydroxyl groups excluding tert-OH is 1. The van der Waals surface area contributed by atoms with Gasteiger partial charge in [-0.3, -0.25) is 19.7 Å². The number of nitro groups is 1. The smallest absolute Gasteiger partial charge is 0.269 e. The Hall–Kier alpha value is -3.56. The Morgan fingerprint density at radius 2 is 1.74 bits per heavy atom. The molecule has 2 heterocycles. The van der Waals surface area contributed by atoms with Gasteiger partial charge in [-0.15, -0.1) is 0 Å². The van der Waals surface area contributed by atoms with E-state index in [0.717, 1.165) is 0 Å². The number of non-ortho nitro benzene ring substituents is 1. The lowest BCUT2D eigenvalue weighted by atomic mass is 9.92. The maximum Gasteiger partial charge on any atom is 0.269 e. The van der Waals surface area contributed by atoms with E-state index in [1.807, 2.05) is 6.92 Å². The number of hydrogen-bond donors (Lipinski definition) is 2. The van der Waals surface area contributed by atoms with Gasteiger partial charge >= 0.3 is 0 Å². The highest BCUT2D eigenvalue weighted by molar-refractivity contribution is 6.24. The summed E-state index contributed by atoms with van der Waals surface area (Å²) in [6, 6.07) is 13.0. The van der Waals surface area contributed by atoms with Crippen LogP contribution in [0.15, 0.2) is 66.7 Å². The molecule has 2 N–H and O–H groups in total. The lowest BCUT2D eigenvalue weighted by Gasteiger charge is -2.40. The summed E-state index contributed by atoms with van der Waals surface area (Å²) in [7, 11) is 0. The molecule has 2 aliphatic heterocycles. The molecule has 31 heavy (non-hydrogen) atoms. The summed E-state index contributed by atoms with van der Waals surface area (Å²) in [5.74, 6) is -1.44. The van der Waals surface area contributed by atoms with Gasteiger partial charge in [-0.05, 0) is 30.7 Å². The maximum absolute atomic E-state index is 13.4. The van der Waals surface area contributed by atoms with E-state index in [4.69, 9.17) is 0 Å². The number of benzene rings is 2. The minimum absolute atomic E-state index is 0.0607. The number of carbonyl (C=O) groups is 2. The first kappa shape index (κ1) is 20.7. The molecule has 1 saturated heterocycles. The lowest BCUT2D eigenvalue weighted by Crippen LogP contribution is -2.57. The fraction of sp³-hybridized carbons (Fsp3) is 0.273.